The van der Waals surface area contributed by atoms with Crippen molar-refractivity contribution in [2.24, 2.45) is 0 Å². The van der Waals surface area contributed by atoms with Crippen molar-refractivity contribution in [2.45, 2.75) is 13.3 Å². The average molecular weight is 278 g/mol. The van der Waals surface area contributed by atoms with Gasteiger partial charge in [0.25, 0.3) is 0 Å². The van der Waals surface area contributed by atoms with Crippen LogP contribution < -0.4 is 4.90 Å². The van der Waals surface area contributed by atoms with Gasteiger partial charge >= 0.3 is 0 Å². The second-order valence-corrected chi connectivity index (χ2v) is 4.24. The lowest BCUT2D eigenvalue weighted by Crippen LogP contribution is -2.26. The van der Waals surface area contributed by atoms with Crippen LogP contribution in [0.15, 0.2) is 22.9 Å². The van der Waals surface area contributed by atoms with E-state index in [0.29, 0.717) is 5.88 Å². The molecule has 0 aliphatic carbocycles. The van der Waals surface area contributed by atoms with Gasteiger partial charge in [-0.05, 0) is 28.4 Å². The summed E-state index contributed by atoms with van der Waals surface area (Å²) in [6, 6.07) is 2.01. The minimum atomic E-state index is 0.648. The maximum atomic E-state index is 5.76. The highest BCUT2D eigenvalue weighted by Gasteiger charge is 2.07. The summed E-state index contributed by atoms with van der Waals surface area (Å²) in [4.78, 5) is 6.30. The Morgan fingerprint density at radius 1 is 1.50 bits per heavy atom. The molecule has 4 heteroatoms. The van der Waals surface area contributed by atoms with Crippen LogP contribution in [0.25, 0.3) is 0 Å². The number of alkyl halides is 1. The van der Waals surface area contributed by atoms with Crippen LogP contribution in [0.2, 0.25) is 0 Å². The van der Waals surface area contributed by atoms with Crippen molar-refractivity contribution < 1.29 is 0 Å². The average Bonchev–Trinajstić information content (AvgIpc) is 2.18. The van der Waals surface area contributed by atoms with Gasteiger partial charge in [-0.1, -0.05) is 6.92 Å². The Labute approximate surface area is 98.4 Å². The van der Waals surface area contributed by atoms with Gasteiger partial charge in [-0.25, -0.2) is 0 Å². The topological polar surface area (TPSA) is 16.1 Å². The van der Waals surface area contributed by atoms with Crippen molar-refractivity contribution in [3.63, 3.8) is 0 Å². The van der Waals surface area contributed by atoms with E-state index in [-0.39, 0.29) is 0 Å². The van der Waals surface area contributed by atoms with E-state index >= 15 is 0 Å². The number of pyridine rings is 1. The Hall–Kier alpha value is -0.280. The third kappa shape index (κ3) is 3.14. The van der Waals surface area contributed by atoms with Crippen LogP contribution in [0.1, 0.15) is 13.3 Å². The highest BCUT2D eigenvalue weighted by Crippen LogP contribution is 2.24. The van der Waals surface area contributed by atoms with Gasteiger partial charge in [0.05, 0.1) is 10.2 Å². The van der Waals surface area contributed by atoms with Crippen molar-refractivity contribution in [3.05, 3.63) is 22.9 Å². The summed E-state index contributed by atoms with van der Waals surface area (Å²) < 4.78 is 1.03. The molecule has 0 aliphatic heterocycles. The van der Waals surface area contributed by atoms with Crippen LogP contribution in [-0.2, 0) is 0 Å². The predicted molar refractivity (Wildman–Crippen MR) is 65.2 cm³/mol. The van der Waals surface area contributed by atoms with Crippen molar-refractivity contribution >= 4 is 33.2 Å². The molecule has 1 aromatic rings. The monoisotopic (exact) mass is 276 g/mol. The summed E-state index contributed by atoms with van der Waals surface area (Å²) in [6.07, 6.45) is 4.73. The Kier molecular flexibility index (Phi) is 5.26. The van der Waals surface area contributed by atoms with Crippen molar-refractivity contribution in [3.8, 4) is 0 Å². The number of hydrogen-bond acceptors (Lipinski definition) is 2. The highest BCUT2D eigenvalue weighted by molar-refractivity contribution is 9.10. The zero-order valence-corrected chi connectivity index (χ0v) is 10.6. The lowest BCUT2D eigenvalue weighted by atomic mass is 10.3. The van der Waals surface area contributed by atoms with Gasteiger partial charge in [0.15, 0.2) is 0 Å². The highest BCUT2D eigenvalue weighted by atomic mass is 79.9. The summed E-state index contributed by atoms with van der Waals surface area (Å²) in [5.74, 6) is 0.648. The molecule has 0 spiro atoms. The van der Waals surface area contributed by atoms with E-state index in [0.717, 1.165) is 24.0 Å². The van der Waals surface area contributed by atoms with Crippen molar-refractivity contribution in [2.75, 3.05) is 23.9 Å². The summed E-state index contributed by atoms with van der Waals surface area (Å²) in [6.45, 7) is 4.06. The smallest absolute Gasteiger partial charge is 0.0592 e. The summed E-state index contributed by atoms with van der Waals surface area (Å²) >= 11 is 9.25. The van der Waals surface area contributed by atoms with E-state index in [1.54, 1.807) is 6.20 Å². The quantitative estimate of drug-likeness (QED) is 0.768. The van der Waals surface area contributed by atoms with Crippen LogP contribution in [-0.4, -0.2) is 24.0 Å². The fourth-order valence-electron chi connectivity index (χ4n) is 1.35. The molecular weight excluding hydrogens is 263 g/mol. The third-order valence-electron chi connectivity index (χ3n) is 1.94. The molecule has 0 aromatic carbocycles. The predicted octanol–water partition coefficient (Wildman–Crippen LogP) is 3.30. The van der Waals surface area contributed by atoms with Crippen molar-refractivity contribution in [1.82, 2.24) is 4.98 Å². The van der Waals surface area contributed by atoms with E-state index in [4.69, 9.17) is 11.6 Å². The molecule has 0 unspecified atom stereocenters. The summed E-state index contributed by atoms with van der Waals surface area (Å²) in [5, 5.41) is 0. The first-order valence-electron chi connectivity index (χ1n) is 4.70. The molecule has 1 rings (SSSR count). The molecule has 14 heavy (non-hydrogen) atoms. The molecule has 1 heterocycles. The molecular formula is C10H14BrClN2. The van der Waals surface area contributed by atoms with Crippen LogP contribution in [0.5, 0.6) is 0 Å². The maximum absolute atomic E-state index is 5.76. The first-order chi connectivity index (χ1) is 6.79. The third-order valence-corrected chi connectivity index (χ3v) is 2.72. The van der Waals surface area contributed by atoms with Gasteiger partial charge in [-0.15, -0.1) is 11.6 Å². The van der Waals surface area contributed by atoms with Gasteiger partial charge < -0.3 is 4.90 Å². The maximum Gasteiger partial charge on any atom is 0.0592 e. The van der Waals surface area contributed by atoms with E-state index in [9.17, 15) is 0 Å². The fraction of sp³-hybridized carbons (Fsp3) is 0.500. The first kappa shape index (κ1) is 11.8. The molecule has 0 bridgehead atoms. The van der Waals surface area contributed by atoms with Gasteiger partial charge in [0, 0.05) is 31.4 Å². The van der Waals surface area contributed by atoms with Crippen molar-refractivity contribution in [1.29, 1.82) is 0 Å². The lowest BCUT2D eigenvalue weighted by Gasteiger charge is -2.24. The molecule has 0 N–H and O–H groups in total. The lowest BCUT2D eigenvalue weighted by molar-refractivity contribution is 0.791. The zero-order valence-electron chi connectivity index (χ0n) is 8.21. The van der Waals surface area contributed by atoms with E-state index in [1.807, 2.05) is 12.3 Å². The second-order valence-electron chi connectivity index (χ2n) is 3.00. The van der Waals surface area contributed by atoms with Gasteiger partial charge in [0.1, 0.15) is 0 Å². The van der Waals surface area contributed by atoms with E-state index in [2.05, 4.69) is 32.7 Å². The molecule has 0 radical (unpaired) electrons. The number of halogens is 2. The molecule has 0 fully saturated rings. The van der Waals surface area contributed by atoms with E-state index in [1.165, 1.54) is 5.69 Å². The largest absolute Gasteiger partial charge is 0.369 e. The Morgan fingerprint density at radius 3 is 2.86 bits per heavy atom. The number of aromatic nitrogens is 1. The summed E-state index contributed by atoms with van der Waals surface area (Å²) in [5.41, 5.74) is 1.17. The first-order valence-corrected chi connectivity index (χ1v) is 6.02. The van der Waals surface area contributed by atoms with Gasteiger partial charge in [-0.2, -0.15) is 0 Å². The van der Waals surface area contributed by atoms with Gasteiger partial charge in [0.2, 0.25) is 0 Å². The normalized spacial score (nSPS) is 10.2. The SMILES string of the molecule is CCCN(CCCl)c1ccncc1Br. The number of rotatable bonds is 5. The molecule has 2 nitrogen and oxygen atoms in total. The Bertz CT molecular complexity index is 275. The zero-order chi connectivity index (χ0) is 10.4. The number of hydrogen-bond donors (Lipinski definition) is 0. The number of anilines is 1. The molecule has 0 amide bonds. The fourth-order valence-corrected chi connectivity index (χ4v) is 2.05. The number of nitrogens with zero attached hydrogens (tertiary/aromatic N) is 2. The van der Waals surface area contributed by atoms with Crippen LogP contribution >= 0.6 is 27.5 Å². The molecule has 0 saturated carbocycles. The molecule has 0 atom stereocenters. The van der Waals surface area contributed by atoms with Gasteiger partial charge in [-0.3, -0.25) is 4.98 Å². The minimum absolute atomic E-state index is 0.648. The second kappa shape index (κ2) is 6.25. The van der Waals surface area contributed by atoms with Crippen LogP contribution in [0.3, 0.4) is 0 Å². The van der Waals surface area contributed by atoms with Crippen LogP contribution in [0.4, 0.5) is 5.69 Å². The minimum Gasteiger partial charge on any atom is -0.369 e. The molecule has 1 aromatic heterocycles. The van der Waals surface area contributed by atoms with Crippen LogP contribution in [0, 0.1) is 0 Å². The molecule has 0 saturated heterocycles. The Morgan fingerprint density at radius 2 is 2.29 bits per heavy atom. The van der Waals surface area contributed by atoms with E-state index < -0.39 is 0 Å². The molecule has 0 aliphatic rings. The standard InChI is InChI=1S/C10H14BrClN2/c1-2-6-14(7-4-12)10-3-5-13-8-9(10)11/h3,5,8H,2,4,6-7H2,1H3. The summed E-state index contributed by atoms with van der Waals surface area (Å²) in [7, 11) is 0. The molecule has 78 valence electrons. The Balaban J connectivity index is 2.81.